The lowest BCUT2D eigenvalue weighted by Crippen LogP contribution is -2.28. The molecule has 1 atom stereocenters. The number of methoxy groups -OCH3 is 1. The Labute approximate surface area is 177 Å². The minimum Gasteiger partial charge on any atom is -0.453 e. The van der Waals surface area contributed by atoms with Gasteiger partial charge in [-0.1, -0.05) is 11.6 Å². The summed E-state index contributed by atoms with van der Waals surface area (Å²) in [5, 5.41) is 0.281. The number of imidazole rings is 1. The van der Waals surface area contributed by atoms with E-state index in [1.165, 1.54) is 19.4 Å². The highest BCUT2D eigenvalue weighted by atomic mass is 35.5. The predicted octanol–water partition coefficient (Wildman–Crippen LogP) is 4.00. The van der Waals surface area contributed by atoms with Gasteiger partial charge < -0.3 is 19.9 Å². The molecule has 2 N–H and O–H groups in total. The van der Waals surface area contributed by atoms with Gasteiger partial charge in [0, 0.05) is 30.6 Å². The van der Waals surface area contributed by atoms with Crippen LogP contribution in [0.4, 0.5) is 15.1 Å². The van der Waals surface area contributed by atoms with Crippen LogP contribution in [-0.2, 0) is 4.74 Å². The van der Waals surface area contributed by atoms with Crippen molar-refractivity contribution >= 4 is 34.7 Å². The summed E-state index contributed by atoms with van der Waals surface area (Å²) < 4.78 is 21.9. The second kappa shape index (κ2) is 7.71. The van der Waals surface area contributed by atoms with Crippen LogP contribution in [0.15, 0.2) is 18.3 Å². The number of carbonyl (C=O) groups excluding carboxylic acids is 1. The maximum atomic E-state index is 15.1. The number of hydrogen-bond acceptors (Lipinski definition) is 6. The molecule has 2 aromatic heterocycles. The van der Waals surface area contributed by atoms with E-state index in [-0.39, 0.29) is 34.5 Å². The van der Waals surface area contributed by atoms with Gasteiger partial charge in [-0.2, -0.15) is 0 Å². The SMILES string of the molecule is COC(=O)N1CC[C@H](c2nc3c(F)cc(-c4nc(N)ncc4Cl)cc3n2C(C)C)C1. The average Bonchev–Trinajstić information content (AvgIpc) is 3.34. The van der Waals surface area contributed by atoms with Gasteiger partial charge in [-0.3, -0.25) is 0 Å². The first-order chi connectivity index (χ1) is 14.3. The van der Waals surface area contributed by atoms with Crippen molar-refractivity contribution in [2.75, 3.05) is 25.9 Å². The fourth-order valence-electron chi connectivity index (χ4n) is 3.99. The summed E-state index contributed by atoms with van der Waals surface area (Å²) in [5.74, 6) is 0.317. The van der Waals surface area contributed by atoms with E-state index in [0.717, 1.165) is 12.2 Å². The Bertz CT molecular complexity index is 1130. The van der Waals surface area contributed by atoms with Crippen LogP contribution >= 0.6 is 11.6 Å². The molecular weight excluding hydrogens is 411 g/mol. The van der Waals surface area contributed by atoms with Crippen LogP contribution in [0.1, 0.15) is 38.1 Å². The van der Waals surface area contributed by atoms with E-state index in [0.29, 0.717) is 29.9 Å². The Morgan fingerprint density at radius 1 is 1.37 bits per heavy atom. The number of anilines is 1. The molecule has 0 saturated carbocycles. The molecule has 158 valence electrons. The van der Waals surface area contributed by atoms with Gasteiger partial charge in [0.15, 0.2) is 5.82 Å². The topological polar surface area (TPSA) is 99.2 Å². The molecule has 0 spiro atoms. The molecular formula is C20H22ClFN6O2. The van der Waals surface area contributed by atoms with Gasteiger partial charge in [-0.15, -0.1) is 0 Å². The molecule has 1 amide bonds. The Kier molecular flexibility index (Phi) is 5.23. The van der Waals surface area contributed by atoms with Crippen LogP contribution in [-0.4, -0.2) is 50.7 Å². The lowest BCUT2D eigenvalue weighted by Gasteiger charge is -2.18. The molecule has 8 nitrogen and oxygen atoms in total. The maximum absolute atomic E-state index is 15.1. The van der Waals surface area contributed by atoms with E-state index in [1.807, 2.05) is 24.5 Å². The van der Waals surface area contributed by atoms with Crippen molar-refractivity contribution in [2.45, 2.75) is 32.2 Å². The number of ether oxygens (including phenoxy) is 1. The van der Waals surface area contributed by atoms with Gasteiger partial charge >= 0.3 is 6.09 Å². The van der Waals surface area contributed by atoms with Crippen molar-refractivity contribution in [2.24, 2.45) is 0 Å². The Balaban J connectivity index is 1.84. The zero-order valence-electron chi connectivity index (χ0n) is 16.9. The van der Waals surface area contributed by atoms with Crippen LogP contribution in [0.5, 0.6) is 0 Å². The molecule has 0 unspecified atom stereocenters. The molecule has 3 heterocycles. The van der Waals surface area contributed by atoms with Crippen molar-refractivity contribution in [3.8, 4) is 11.3 Å². The highest BCUT2D eigenvalue weighted by molar-refractivity contribution is 6.33. The van der Waals surface area contributed by atoms with E-state index >= 15 is 4.39 Å². The highest BCUT2D eigenvalue weighted by Crippen LogP contribution is 2.36. The van der Waals surface area contributed by atoms with Crippen molar-refractivity contribution in [1.29, 1.82) is 0 Å². The third kappa shape index (κ3) is 3.43. The number of hydrogen-bond donors (Lipinski definition) is 1. The Morgan fingerprint density at radius 2 is 2.13 bits per heavy atom. The minimum atomic E-state index is -0.473. The molecule has 1 aromatic carbocycles. The average molecular weight is 433 g/mol. The summed E-state index contributed by atoms with van der Waals surface area (Å²) in [5.41, 5.74) is 7.47. The zero-order valence-corrected chi connectivity index (χ0v) is 17.6. The number of aromatic nitrogens is 4. The molecule has 0 aliphatic carbocycles. The number of carbonyl (C=O) groups is 1. The second-order valence-corrected chi connectivity index (χ2v) is 7.99. The Hall–Kier alpha value is -2.94. The monoisotopic (exact) mass is 432 g/mol. The fourth-order valence-corrected chi connectivity index (χ4v) is 4.19. The van der Waals surface area contributed by atoms with E-state index in [1.54, 1.807) is 4.90 Å². The number of benzene rings is 1. The number of likely N-dealkylation sites (tertiary alicyclic amines) is 1. The minimum absolute atomic E-state index is 0.0139. The highest BCUT2D eigenvalue weighted by Gasteiger charge is 2.32. The van der Waals surface area contributed by atoms with Gasteiger partial charge in [-0.05, 0) is 32.4 Å². The van der Waals surface area contributed by atoms with Gasteiger partial charge in [0.2, 0.25) is 5.95 Å². The third-order valence-corrected chi connectivity index (χ3v) is 5.59. The van der Waals surface area contributed by atoms with E-state index in [4.69, 9.17) is 22.1 Å². The summed E-state index contributed by atoms with van der Waals surface area (Å²) >= 11 is 6.23. The number of nitrogens with zero attached hydrogens (tertiary/aromatic N) is 5. The first-order valence-corrected chi connectivity index (χ1v) is 10.0. The van der Waals surface area contributed by atoms with Crippen LogP contribution in [0.2, 0.25) is 5.02 Å². The van der Waals surface area contributed by atoms with E-state index in [9.17, 15) is 4.79 Å². The lowest BCUT2D eigenvalue weighted by molar-refractivity contribution is 0.132. The number of halogens is 2. The first-order valence-electron chi connectivity index (χ1n) is 9.62. The number of fused-ring (bicyclic) bond motifs is 1. The standard InChI is InChI=1S/C20H22ClFN6O2/c1-10(2)28-15-7-12(16-13(21)8-24-19(23)26-16)6-14(22)17(15)25-18(28)11-4-5-27(9-11)20(29)30-3/h6-8,10-11H,4-5,9H2,1-3H3,(H2,23,24,26)/t11-/m0/s1. The molecule has 1 saturated heterocycles. The van der Waals surface area contributed by atoms with Gasteiger partial charge in [0.05, 0.1) is 29.5 Å². The molecule has 30 heavy (non-hydrogen) atoms. The van der Waals surface area contributed by atoms with Crippen LogP contribution < -0.4 is 5.73 Å². The molecule has 3 aromatic rings. The molecule has 4 rings (SSSR count). The third-order valence-electron chi connectivity index (χ3n) is 5.31. The van der Waals surface area contributed by atoms with Gasteiger partial charge in [-0.25, -0.2) is 24.1 Å². The van der Waals surface area contributed by atoms with Crippen LogP contribution in [0, 0.1) is 5.82 Å². The summed E-state index contributed by atoms with van der Waals surface area (Å²) in [4.78, 5) is 26.2. The number of nitrogens with two attached hydrogens (primary N) is 1. The smallest absolute Gasteiger partial charge is 0.409 e. The van der Waals surface area contributed by atoms with Crippen LogP contribution in [0.3, 0.4) is 0 Å². The normalized spacial score (nSPS) is 16.6. The maximum Gasteiger partial charge on any atom is 0.409 e. The summed E-state index contributed by atoms with van der Waals surface area (Å²) in [6, 6.07) is 3.19. The fraction of sp³-hybridized carbons (Fsp3) is 0.400. The van der Waals surface area contributed by atoms with Crippen molar-refractivity contribution in [1.82, 2.24) is 24.4 Å². The predicted molar refractivity (Wildman–Crippen MR) is 112 cm³/mol. The first kappa shape index (κ1) is 20.3. The quantitative estimate of drug-likeness (QED) is 0.671. The number of nitrogen functional groups attached to an aromatic ring is 1. The number of amides is 1. The van der Waals surface area contributed by atoms with E-state index < -0.39 is 5.82 Å². The lowest BCUT2D eigenvalue weighted by atomic mass is 10.1. The van der Waals surface area contributed by atoms with Crippen molar-refractivity contribution in [3.05, 3.63) is 35.0 Å². The zero-order chi connectivity index (χ0) is 21.6. The molecule has 1 aliphatic rings. The van der Waals surface area contributed by atoms with E-state index in [2.05, 4.69) is 15.0 Å². The van der Waals surface area contributed by atoms with Gasteiger partial charge in [0.1, 0.15) is 11.3 Å². The van der Waals surface area contributed by atoms with Gasteiger partial charge in [0.25, 0.3) is 0 Å². The second-order valence-electron chi connectivity index (χ2n) is 7.59. The molecule has 10 heteroatoms. The molecule has 1 fully saturated rings. The number of rotatable bonds is 3. The van der Waals surface area contributed by atoms with Crippen molar-refractivity contribution in [3.63, 3.8) is 0 Å². The molecule has 1 aliphatic heterocycles. The summed E-state index contributed by atoms with van der Waals surface area (Å²) in [7, 11) is 1.36. The summed E-state index contributed by atoms with van der Waals surface area (Å²) in [6.45, 7) is 5.07. The largest absolute Gasteiger partial charge is 0.453 e. The Morgan fingerprint density at radius 3 is 2.83 bits per heavy atom. The van der Waals surface area contributed by atoms with Crippen LogP contribution in [0.25, 0.3) is 22.3 Å². The summed E-state index contributed by atoms with van der Waals surface area (Å²) in [6.07, 6.45) is 1.76. The molecule has 0 bridgehead atoms. The van der Waals surface area contributed by atoms with Crippen molar-refractivity contribution < 1.29 is 13.9 Å². The molecule has 0 radical (unpaired) electrons.